The molecule has 0 spiro atoms. The second-order valence-corrected chi connectivity index (χ2v) is 6.78. The average Bonchev–Trinajstić information content (AvgIpc) is 2.79. The molecule has 3 aromatic heterocycles. The zero-order valence-corrected chi connectivity index (χ0v) is 16.1. The number of carbonyl (C=O) groups is 1. The van der Waals surface area contributed by atoms with Crippen molar-refractivity contribution < 1.29 is 15.0 Å². The quantitative estimate of drug-likeness (QED) is 0.581. The number of nitrogens with one attached hydrogen (secondary N) is 1. The first-order chi connectivity index (χ1) is 14.6. The largest absolute Gasteiger partial charge is 0.465 e. The van der Waals surface area contributed by atoms with Crippen LogP contribution in [0.3, 0.4) is 0 Å². The number of piperazine rings is 1. The molecule has 4 heterocycles. The second-order valence-electron chi connectivity index (χ2n) is 6.78. The Kier molecular flexibility index (Phi) is 5.66. The Labute approximate surface area is 172 Å². The SMILES string of the molecule is O=C(O)N1CCN(c2cc(-c3cc(CO)cc(Nc4cnccn4)n3)ccn2)CC1. The van der Waals surface area contributed by atoms with Crippen LogP contribution in [0.4, 0.5) is 22.2 Å². The van der Waals surface area contributed by atoms with Gasteiger partial charge in [0.15, 0.2) is 0 Å². The Balaban J connectivity index is 1.58. The van der Waals surface area contributed by atoms with E-state index in [1.807, 2.05) is 18.2 Å². The molecule has 10 heteroatoms. The van der Waals surface area contributed by atoms with Crippen molar-refractivity contribution in [2.24, 2.45) is 0 Å². The number of aliphatic hydroxyl groups excluding tert-OH is 1. The van der Waals surface area contributed by atoms with Crippen LogP contribution in [0.5, 0.6) is 0 Å². The molecule has 3 N–H and O–H groups in total. The summed E-state index contributed by atoms with van der Waals surface area (Å²) in [5.74, 6) is 1.86. The van der Waals surface area contributed by atoms with Gasteiger partial charge in [-0.05, 0) is 29.8 Å². The minimum absolute atomic E-state index is 0.125. The molecule has 1 aliphatic heterocycles. The molecule has 30 heavy (non-hydrogen) atoms. The van der Waals surface area contributed by atoms with Crippen molar-refractivity contribution in [3.05, 3.63) is 54.6 Å². The molecule has 154 valence electrons. The number of amides is 1. The van der Waals surface area contributed by atoms with E-state index in [-0.39, 0.29) is 6.61 Å². The molecule has 3 aromatic rings. The number of aliphatic hydroxyl groups is 1. The van der Waals surface area contributed by atoms with Gasteiger partial charge in [0.2, 0.25) is 0 Å². The number of aromatic nitrogens is 4. The third-order valence-electron chi connectivity index (χ3n) is 4.80. The first-order valence-electron chi connectivity index (χ1n) is 9.46. The van der Waals surface area contributed by atoms with Gasteiger partial charge in [-0.3, -0.25) is 4.98 Å². The van der Waals surface area contributed by atoms with Crippen LogP contribution in [-0.2, 0) is 6.61 Å². The summed E-state index contributed by atoms with van der Waals surface area (Å²) in [6.07, 6.45) is 5.57. The van der Waals surface area contributed by atoms with E-state index < -0.39 is 6.09 Å². The zero-order valence-electron chi connectivity index (χ0n) is 16.1. The van der Waals surface area contributed by atoms with Crippen molar-refractivity contribution in [3.8, 4) is 11.3 Å². The number of pyridine rings is 2. The van der Waals surface area contributed by atoms with Gasteiger partial charge >= 0.3 is 6.09 Å². The molecule has 10 nitrogen and oxygen atoms in total. The van der Waals surface area contributed by atoms with Crippen LogP contribution in [0.1, 0.15) is 5.56 Å². The molecule has 0 atom stereocenters. The van der Waals surface area contributed by atoms with Crippen LogP contribution in [0.2, 0.25) is 0 Å². The lowest BCUT2D eigenvalue weighted by molar-refractivity contribution is 0.142. The van der Waals surface area contributed by atoms with Gasteiger partial charge in [0, 0.05) is 50.3 Å². The van der Waals surface area contributed by atoms with Gasteiger partial charge in [0.1, 0.15) is 17.5 Å². The summed E-state index contributed by atoms with van der Waals surface area (Å²) >= 11 is 0. The van der Waals surface area contributed by atoms with E-state index in [4.69, 9.17) is 5.11 Å². The smallest absolute Gasteiger partial charge is 0.407 e. The molecule has 1 aliphatic rings. The molecule has 0 saturated carbocycles. The Morgan fingerprint density at radius 2 is 1.87 bits per heavy atom. The van der Waals surface area contributed by atoms with Gasteiger partial charge < -0.3 is 25.3 Å². The van der Waals surface area contributed by atoms with Crippen molar-refractivity contribution >= 4 is 23.5 Å². The Morgan fingerprint density at radius 3 is 2.57 bits per heavy atom. The molecule has 0 unspecified atom stereocenters. The van der Waals surface area contributed by atoms with Crippen LogP contribution >= 0.6 is 0 Å². The van der Waals surface area contributed by atoms with E-state index in [0.717, 1.165) is 11.4 Å². The standard InChI is InChI=1S/C20H21N7O3/c28-13-14-9-16(24-17(10-14)25-18-12-21-3-4-22-18)15-1-2-23-19(11-15)26-5-7-27(8-6-26)20(29)30/h1-4,9-12,28H,5-8,13H2,(H,29,30)(H,22,24,25). The van der Waals surface area contributed by atoms with Gasteiger partial charge in [0.05, 0.1) is 18.5 Å². The normalized spacial score (nSPS) is 13.9. The Hall–Kier alpha value is -3.79. The molecule has 4 rings (SSSR count). The van der Waals surface area contributed by atoms with Gasteiger partial charge in [-0.25, -0.2) is 19.7 Å². The Bertz CT molecular complexity index is 1020. The van der Waals surface area contributed by atoms with Crippen LogP contribution in [0.25, 0.3) is 11.3 Å². The number of carboxylic acid groups (broad SMARTS) is 1. The maximum atomic E-state index is 11.1. The van der Waals surface area contributed by atoms with Gasteiger partial charge in [-0.2, -0.15) is 0 Å². The summed E-state index contributed by atoms with van der Waals surface area (Å²) in [4.78, 5) is 31.9. The molecule has 0 bridgehead atoms. The van der Waals surface area contributed by atoms with E-state index in [2.05, 4.69) is 30.2 Å². The molecule has 1 saturated heterocycles. The predicted molar refractivity (Wildman–Crippen MR) is 111 cm³/mol. The van der Waals surface area contributed by atoms with Crippen LogP contribution in [-0.4, -0.2) is 67.3 Å². The van der Waals surface area contributed by atoms with Crippen molar-refractivity contribution in [2.75, 3.05) is 36.4 Å². The van der Waals surface area contributed by atoms with E-state index in [1.54, 1.807) is 30.9 Å². The summed E-state index contributed by atoms with van der Waals surface area (Å²) < 4.78 is 0. The number of anilines is 3. The number of hydrogen-bond acceptors (Lipinski definition) is 8. The van der Waals surface area contributed by atoms with E-state index in [0.29, 0.717) is 49.1 Å². The first-order valence-corrected chi connectivity index (χ1v) is 9.46. The molecule has 1 amide bonds. The van der Waals surface area contributed by atoms with E-state index >= 15 is 0 Å². The van der Waals surface area contributed by atoms with Gasteiger partial charge in [-0.15, -0.1) is 0 Å². The second kappa shape index (κ2) is 8.70. The highest BCUT2D eigenvalue weighted by Gasteiger charge is 2.21. The maximum absolute atomic E-state index is 11.1. The fourth-order valence-electron chi connectivity index (χ4n) is 3.26. The van der Waals surface area contributed by atoms with Gasteiger partial charge in [0.25, 0.3) is 0 Å². The predicted octanol–water partition coefficient (Wildman–Crippen LogP) is 1.97. The molecule has 1 fully saturated rings. The highest BCUT2D eigenvalue weighted by atomic mass is 16.4. The van der Waals surface area contributed by atoms with E-state index in [9.17, 15) is 9.90 Å². The molecule has 0 aliphatic carbocycles. The van der Waals surface area contributed by atoms with Crippen LogP contribution < -0.4 is 10.2 Å². The van der Waals surface area contributed by atoms with Crippen molar-refractivity contribution in [1.29, 1.82) is 0 Å². The minimum Gasteiger partial charge on any atom is -0.465 e. The number of hydrogen-bond donors (Lipinski definition) is 3. The van der Waals surface area contributed by atoms with Crippen molar-refractivity contribution in [1.82, 2.24) is 24.8 Å². The summed E-state index contributed by atoms with van der Waals surface area (Å²) in [5, 5.41) is 21.9. The highest BCUT2D eigenvalue weighted by Crippen LogP contribution is 2.26. The summed E-state index contributed by atoms with van der Waals surface area (Å²) in [6.45, 7) is 1.90. The maximum Gasteiger partial charge on any atom is 0.407 e. The number of nitrogens with zero attached hydrogens (tertiary/aromatic N) is 6. The lowest BCUT2D eigenvalue weighted by Gasteiger charge is -2.33. The lowest BCUT2D eigenvalue weighted by atomic mass is 10.1. The summed E-state index contributed by atoms with van der Waals surface area (Å²) in [7, 11) is 0. The monoisotopic (exact) mass is 407 g/mol. The third kappa shape index (κ3) is 4.44. The summed E-state index contributed by atoms with van der Waals surface area (Å²) in [6, 6.07) is 7.35. The minimum atomic E-state index is -0.899. The van der Waals surface area contributed by atoms with Crippen molar-refractivity contribution in [3.63, 3.8) is 0 Å². The fraction of sp³-hybridized carbons (Fsp3) is 0.250. The van der Waals surface area contributed by atoms with E-state index in [1.165, 1.54) is 4.90 Å². The first kappa shape index (κ1) is 19.5. The average molecular weight is 407 g/mol. The van der Waals surface area contributed by atoms with Crippen molar-refractivity contribution in [2.45, 2.75) is 6.61 Å². The zero-order chi connectivity index (χ0) is 20.9. The van der Waals surface area contributed by atoms with Crippen LogP contribution in [0, 0.1) is 0 Å². The van der Waals surface area contributed by atoms with Gasteiger partial charge in [-0.1, -0.05) is 0 Å². The number of rotatable bonds is 5. The molecular formula is C20H21N7O3. The topological polar surface area (TPSA) is 128 Å². The lowest BCUT2D eigenvalue weighted by Crippen LogP contribution is -2.48. The Morgan fingerprint density at radius 1 is 1.03 bits per heavy atom. The third-order valence-corrected chi connectivity index (χ3v) is 4.80. The summed E-state index contributed by atoms with van der Waals surface area (Å²) in [5.41, 5.74) is 2.23. The molecule has 0 radical (unpaired) electrons. The fourth-order valence-corrected chi connectivity index (χ4v) is 3.26. The highest BCUT2D eigenvalue weighted by molar-refractivity contribution is 5.68. The molecule has 0 aromatic carbocycles. The molecular weight excluding hydrogens is 386 g/mol. The van der Waals surface area contributed by atoms with Crippen LogP contribution in [0.15, 0.2) is 49.1 Å².